The summed E-state index contributed by atoms with van der Waals surface area (Å²) in [7, 11) is 2.93. The van der Waals surface area contributed by atoms with Crippen LogP contribution in [0.1, 0.15) is 11.6 Å². The monoisotopic (exact) mass is 466 g/mol. The first kappa shape index (κ1) is 23.5. The van der Waals surface area contributed by atoms with Gasteiger partial charge in [0.05, 0.1) is 30.9 Å². The molecular weight excluding hydrogens is 444 g/mol. The Morgan fingerprint density at radius 2 is 1.64 bits per heavy atom. The molecule has 0 saturated carbocycles. The SMILES string of the molecule is COc1ccc(NC(=S)NC(C(=O)Nc2ccccc2OC)c2ccccc2)c([N+](=O)[O-])c1. The summed E-state index contributed by atoms with van der Waals surface area (Å²) in [6.45, 7) is 0. The minimum atomic E-state index is -0.881. The van der Waals surface area contributed by atoms with Gasteiger partial charge in [-0.2, -0.15) is 0 Å². The van der Waals surface area contributed by atoms with Crippen LogP contribution in [0.15, 0.2) is 72.8 Å². The van der Waals surface area contributed by atoms with Gasteiger partial charge in [-0.25, -0.2) is 0 Å². The number of para-hydroxylation sites is 2. The highest BCUT2D eigenvalue weighted by molar-refractivity contribution is 7.80. The molecule has 0 aliphatic heterocycles. The summed E-state index contributed by atoms with van der Waals surface area (Å²) < 4.78 is 10.3. The second-order valence-corrected chi connectivity index (χ2v) is 7.18. The average Bonchev–Trinajstić information content (AvgIpc) is 2.83. The third-order valence-electron chi connectivity index (χ3n) is 4.69. The lowest BCUT2D eigenvalue weighted by molar-refractivity contribution is -0.384. The Morgan fingerprint density at radius 1 is 0.939 bits per heavy atom. The van der Waals surface area contributed by atoms with Crippen LogP contribution in [0.4, 0.5) is 17.1 Å². The van der Waals surface area contributed by atoms with Crippen LogP contribution in [0.2, 0.25) is 0 Å². The standard InChI is InChI=1S/C23H22N4O5S/c1-31-16-12-13-17(19(14-16)27(29)30)25-23(33)26-21(15-8-4-3-5-9-15)22(28)24-18-10-6-7-11-20(18)32-2/h3-14,21H,1-2H3,(H,24,28)(H2,25,26,33). The molecule has 0 radical (unpaired) electrons. The van der Waals surface area contributed by atoms with Crippen molar-refractivity contribution in [2.75, 3.05) is 24.9 Å². The van der Waals surface area contributed by atoms with Crippen molar-refractivity contribution < 1.29 is 19.2 Å². The summed E-state index contributed by atoms with van der Waals surface area (Å²) in [5.74, 6) is 0.454. The molecule has 0 aliphatic carbocycles. The number of carbonyl (C=O) groups excluding carboxylic acids is 1. The summed E-state index contributed by atoms with van der Waals surface area (Å²) in [5, 5.41) is 20.1. The average molecular weight is 467 g/mol. The Bertz CT molecular complexity index is 1160. The van der Waals surface area contributed by atoms with Crippen LogP contribution in [0, 0.1) is 10.1 Å². The fourth-order valence-corrected chi connectivity index (χ4v) is 3.31. The van der Waals surface area contributed by atoms with Crippen molar-refractivity contribution in [1.29, 1.82) is 0 Å². The number of hydrogen-bond donors (Lipinski definition) is 3. The fourth-order valence-electron chi connectivity index (χ4n) is 3.08. The summed E-state index contributed by atoms with van der Waals surface area (Å²) in [6, 6.07) is 19.5. The lowest BCUT2D eigenvalue weighted by atomic mass is 10.1. The van der Waals surface area contributed by atoms with Gasteiger partial charge in [-0.15, -0.1) is 0 Å². The lowest BCUT2D eigenvalue weighted by Gasteiger charge is -2.21. The molecule has 0 aliphatic rings. The molecule has 0 fully saturated rings. The quantitative estimate of drug-likeness (QED) is 0.256. The molecular formula is C23H22N4O5S. The number of amides is 1. The van der Waals surface area contributed by atoms with Crippen molar-refractivity contribution in [2.24, 2.45) is 0 Å². The zero-order chi connectivity index (χ0) is 23.8. The molecule has 0 spiro atoms. The molecule has 9 nitrogen and oxygen atoms in total. The van der Waals surface area contributed by atoms with E-state index in [0.717, 1.165) is 0 Å². The number of thiocarbonyl (C=S) groups is 1. The van der Waals surface area contributed by atoms with Crippen LogP contribution in [0.5, 0.6) is 11.5 Å². The number of nitrogens with one attached hydrogen (secondary N) is 3. The van der Waals surface area contributed by atoms with E-state index in [-0.39, 0.29) is 22.4 Å². The van der Waals surface area contributed by atoms with Crippen molar-refractivity contribution >= 4 is 40.3 Å². The van der Waals surface area contributed by atoms with Gasteiger partial charge in [0.25, 0.3) is 11.6 Å². The molecule has 1 unspecified atom stereocenters. The van der Waals surface area contributed by atoms with Crippen molar-refractivity contribution in [1.82, 2.24) is 5.32 Å². The van der Waals surface area contributed by atoms with Gasteiger partial charge < -0.3 is 25.4 Å². The van der Waals surface area contributed by atoms with Crippen LogP contribution >= 0.6 is 12.2 Å². The van der Waals surface area contributed by atoms with E-state index < -0.39 is 11.0 Å². The third kappa shape index (κ3) is 5.95. The van der Waals surface area contributed by atoms with Crippen molar-refractivity contribution in [3.05, 3.63) is 88.5 Å². The van der Waals surface area contributed by atoms with E-state index in [1.807, 2.05) is 6.07 Å². The highest BCUT2D eigenvalue weighted by Crippen LogP contribution is 2.29. The predicted octanol–water partition coefficient (Wildman–Crippen LogP) is 4.28. The molecule has 170 valence electrons. The van der Waals surface area contributed by atoms with Crippen LogP contribution in [-0.4, -0.2) is 30.2 Å². The Balaban J connectivity index is 1.83. The van der Waals surface area contributed by atoms with E-state index in [9.17, 15) is 14.9 Å². The first-order valence-corrected chi connectivity index (χ1v) is 10.2. The van der Waals surface area contributed by atoms with Gasteiger partial charge >= 0.3 is 0 Å². The van der Waals surface area contributed by atoms with E-state index >= 15 is 0 Å². The normalized spacial score (nSPS) is 11.1. The molecule has 3 aromatic rings. The predicted molar refractivity (Wildman–Crippen MR) is 130 cm³/mol. The van der Waals surface area contributed by atoms with Crippen molar-refractivity contribution in [3.8, 4) is 11.5 Å². The Hall–Kier alpha value is -4.18. The second-order valence-electron chi connectivity index (χ2n) is 6.77. The topological polar surface area (TPSA) is 115 Å². The van der Waals surface area contributed by atoms with Crippen LogP contribution < -0.4 is 25.4 Å². The number of carbonyl (C=O) groups is 1. The number of nitro benzene ring substituents is 1. The molecule has 3 N–H and O–H groups in total. The maximum Gasteiger partial charge on any atom is 0.296 e. The number of rotatable bonds is 8. The minimum absolute atomic E-state index is 0.0345. The van der Waals surface area contributed by atoms with E-state index in [0.29, 0.717) is 22.7 Å². The van der Waals surface area contributed by atoms with Gasteiger partial charge in [0.15, 0.2) is 5.11 Å². The molecule has 10 heteroatoms. The summed E-state index contributed by atoms with van der Waals surface area (Å²) in [5.41, 5.74) is 1.10. The van der Waals surface area contributed by atoms with Gasteiger partial charge in [-0.3, -0.25) is 14.9 Å². The summed E-state index contributed by atoms with van der Waals surface area (Å²) >= 11 is 5.37. The number of nitrogens with zero attached hydrogens (tertiary/aromatic N) is 1. The first-order valence-electron chi connectivity index (χ1n) is 9.81. The number of hydrogen-bond acceptors (Lipinski definition) is 6. The van der Waals surface area contributed by atoms with Gasteiger partial charge in [-0.05, 0) is 42.0 Å². The molecule has 0 aromatic heterocycles. The Morgan fingerprint density at radius 3 is 2.30 bits per heavy atom. The molecule has 33 heavy (non-hydrogen) atoms. The lowest BCUT2D eigenvalue weighted by Crippen LogP contribution is -2.39. The van der Waals surface area contributed by atoms with Crippen LogP contribution in [0.3, 0.4) is 0 Å². The number of benzene rings is 3. The van der Waals surface area contributed by atoms with Crippen LogP contribution in [0.25, 0.3) is 0 Å². The molecule has 3 aromatic carbocycles. The third-order valence-corrected chi connectivity index (χ3v) is 4.91. The molecule has 0 saturated heterocycles. The Kier molecular flexibility index (Phi) is 7.77. The van der Waals surface area contributed by atoms with E-state index in [1.54, 1.807) is 54.6 Å². The zero-order valence-electron chi connectivity index (χ0n) is 17.9. The summed E-state index contributed by atoms with van der Waals surface area (Å²) in [6.07, 6.45) is 0. The zero-order valence-corrected chi connectivity index (χ0v) is 18.7. The van der Waals surface area contributed by atoms with Gasteiger partial charge in [-0.1, -0.05) is 42.5 Å². The molecule has 0 bridgehead atoms. The van der Waals surface area contributed by atoms with Gasteiger partial charge in [0.1, 0.15) is 23.2 Å². The second kappa shape index (κ2) is 10.9. The van der Waals surface area contributed by atoms with E-state index in [1.165, 1.54) is 26.4 Å². The van der Waals surface area contributed by atoms with E-state index in [2.05, 4.69) is 16.0 Å². The first-order chi connectivity index (χ1) is 15.9. The highest BCUT2D eigenvalue weighted by atomic mass is 32.1. The van der Waals surface area contributed by atoms with Gasteiger partial charge in [0, 0.05) is 0 Å². The molecule has 0 heterocycles. The fraction of sp³-hybridized carbons (Fsp3) is 0.130. The molecule has 1 amide bonds. The Labute approximate surface area is 195 Å². The van der Waals surface area contributed by atoms with Gasteiger partial charge in [0.2, 0.25) is 0 Å². The number of methoxy groups -OCH3 is 2. The van der Waals surface area contributed by atoms with Crippen molar-refractivity contribution in [2.45, 2.75) is 6.04 Å². The van der Waals surface area contributed by atoms with E-state index in [4.69, 9.17) is 21.7 Å². The van der Waals surface area contributed by atoms with Crippen LogP contribution in [-0.2, 0) is 4.79 Å². The number of nitro groups is 1. The minimum Gasteiger partial charge on any atom is -0.496 e. The summed E-state index contributed by atoms with van der Waals surface area (Å²) in [4.78, 5) is 24.1. The molecule has 3 rings (SSSR count). The molecule has 1 atom stereocenters. The number of ether oxygens (including phenoxy) is 2. The number of anilines is 2. The van der Waals surface area contributed by atoms with Crippen molar-refractivity contribution in [3.63, 3.8) is 0 Å². The smallest absolute Gasteiger partial charge is 0.296 e. The maximum absolute atomic E-state index is 13.2. The highest BCUT2D eigenvalue weighted by Gasteiger charge is 2.24. The maximum atomic E-state index is 13.2. The largest absolute Gasteiger partial charge is 0.496 e.